The van der Waals surface area contributed by atoms with Crippen LogP contribution in [0.25, 0.3) is 0 Å². The molecule has 1 unspecified atom stereocenters. The van der Waals surface area contributed by atoms with Gasteiger partial charge in [0, 0.05) is 18.1 Å². The third kappa shape index (κ3) is 2.71. The summed E-state index contributed by atoms with van der Waals surface area (Å²) in [6.45, 7) is 1.76. The molecule has 2 nitrogen and oxygen atoms in total. The fraction of sp³-hybridized carbons (Fsp3) is 0.231. The van der Waals surface area contributed by atoms with Crippen LogP contribution in [0.15, 0.2) is 34.9 Å². The molecule has 0 saturated carbocycles. The smallest absolute Gasteiger partial charge is 0.129 e. The van der Waals surface area contributed by atoms with Gasteiger partial charge in [0.15, 0.2) is 0 Å². The van der Waals surface area contributed by atoms with E-state index >= 15 is 0 Å². The fourth-order valence-corrected chi connectivity index (χ4v) is 1.65. The predicted octanol–water partition coefficient (Wildman–Crippen LogP) is 3.14. The van der Waals surface area contributed by atoms with Crippen LogP contribution in [0.3, 0.4) is 0 Å². The molecule has 0 aliphatic rings. The molecule has 1 atom stereocenters. The highest BCUT2D eigenvalue weighted by Crippen LogP contribution is 2.22. The van der Waals surface area contributed by atoms with Gasteiger partial charge in [-0.2, -0.15) is 0 Å². The van der Waals surface area contributed by atoms with Crippen molar-refractivity contribution in [3.05, 3.63) is 59.1 Å². The lowest BCUT2D eigenvalue weighted by molar-refractivity contribution is 0.176. The van der Waals surface area contributed by atoms with Crippen molar-refractivity contribution in [2.75, 3.05) is 0 Å². The van der Waals surface area contributed by atoms with Gasteiger partial charge in [-0.15, -0.1) is 0 Å². The van der Waals surface area contributed by atoms with Gasteiger partial charge in [-0.25, -0.2) is 8.78 Å². The molecule has 0 amide bonds. The van der Waals surface area contributed by atoms with E-state index in [0.717, 1.165) is 6.07 Å². The summed E-state index contributed by atoms with van der Waals surface area (Å²) in [6.07, 6.45) is 0.666. The number of hydrogen-bond acceptors (Lipinski definition) is 2. The molecule has 0 radical (unpaired) electrons. The predicted molar refractivity (Wildman–Crippen MR) is 58.5 cm³/mol. The fourth-order valence-electron chi connectivity index (χ4n) is 1.65. The number of rotatable bonds is 3. The Morgan fingerprint density at radius 1 is 1.29 bits per heavy atom. The second-order valence-electron chi connectivity index (χ2n) is 3.95. The summed E-state index contributed by atoms with van der Waals surface area (Å²) in [7, 11) is 0. The summed E-state index contributed by atoms with van der Waals surface area (Å²) in [6, 6.07) is 5.00. The van der Waals surface area contributed by atoms with Crippen molar-refractivity contribution in [3.63, 3.8) is 0 Å². The minimum Gasteiger partial charge on any atom is -0.469 e. The van der Waals surface area contributed by atoms with E-state index in [1.54, 1.807) is 13.0 Å². The summed E-state index contributed by atoms with van der Waals surface area (Å²) < 4.78 is 31.1. The average molecular weight is 238 g/mol. The normalized spacial score (nSPS) is 12.7. The van der Waals surface area contributed by atoms with Crippen LogP contribution in [0, 0.1) is 18.6 Å². The van der Waals surface area contributed by atoms with Gasteiger partial charge in [0.1, 0.15) is 17.4 Å². The van der Waals surface area contributed by atoms with Gasteiger partial charge >= 0.3 is 0 Å². The van der Waals surface area contributed by atoms with Crippen molar-refractivity contribution in [2.24, 2.45) is 0 Å². The number of aliphatic hydroxyl groups is 1. The third-order valence-electron chi connectivity index (χ3n) is 2.56. The van der Waals surface area contributed by atoms with Crippen molar-refractivity contribution in [3.8, 4) is 0 Å². The minimum atomic E-state index is -0.854. The van der Waals surface area contributed by atoms with Crippen LogP contribution in [0.2, 0.25) is 0 Å². The molecule has 0 aliphatic carbocycles. The Kier molecular flexibility index (Phi) is 3.24. The molecule has 2 rings (SSSR count). The van der Waals surface area contributed by atoms with Gasteiger partial charge in [0.25, 0.3) is 0 Å². The Morgan fingerprint density at radius 2 is 2.06 bits per heavy atom. The molecule has 0 aliphatic heterocycles. The lowest BCUT2D eigenvalue weighted by Crippen LogP contribution is -2.02. The van der Waals surface area contributed by atoms with Crippen LogP contribution in [0.1, 0.15) is 23.0 Å². The molecule has 0 spiro atoms. The molecule has 1 heterocycles. The molecule has 0 bridgehead atoms. The lowest BCUT2D eigenvalue weighted by atomic mass is 10.0. The number of halogens is 2. The van der Waals surface area contributed by atoms with Crippen molar-refractivity contribution in [2.45, 2.75) is 19.4 Å². The molecular formula is C13H12F2O2. The van der Waals surface area contributed by atoms with Crippen molar-refractivity contribution in [1.29, 1.82) is 0 Å². The molecule has 1 N–H and O–H groups in total. The summed E-state index contributed by atoms with van der Waals surface area (Å²) in [5.41, 5.74) is 0.865. The molecule has 0 fully saturated rings. The van der Waals surface area contributed by atoms with Crippen LogP contribution < -0.4 is 0 Å². The lowest BCUT2D eigenvalue weighted by Gasteiger charge is -2.09. The molecule has 17 heavy (non-hydrogen) atoms. The Balaban J connectivity index is 2.15. The van der Waals surface area contributed by atoms with E-state index in [1.165, 1.54) is 18.4 Å². The summed E-state index contributed by atoms with van der Waals surface area (Å²) >= 11 is 0. The first kappa shape index (κ1) is 11.8. The zero-order chi connectivity index (χ0) is 12.4. The quantitative estimate of drug-likeness (QED) is 0.891. The maximum Gasteiger partial charge on any atom is 0.129 e. The first-order valence-corrected chi connectivity index (χ1v) is 5.23. The van der Waals surface area contributed by atoms with Crippen LogP contribution in [-0.2, 0) is 6.42 Å². The van der Waals surface area contributed by atoms with Crippen molar-refractivity contribution in [1.82, 2.24) is 0 Å². The Morgan fingerprint density at radius 3 is 2.65 bits per heavy atom. The highest BCUT2D eigenvalue weighted by Gasteiger charge is 2.14. The monoisotopic (exact) mass is 238 g/mol. The maximum atomic E-state index is 13.4. The molecular weight excluding hydrogens is 226 g/mol. The van der Waals surface area contributed by atoms with E-state index in [0.29, 0.717) is 11.3 Å². The van der Waals surface area contributed by atoms with Crippen LogP contribution in [0.5, 0.6) is 0 Å². The van der Waals surface area contributed by atoms with E-state index in [9.17, 15) is 13.9 Å². The van der Waals surface area contributed by atoms with Crippen molar-refractivity contribution >= 4 is 0 Å². The number of benzene rings is 1. The number of hydrogen-bond donors (Lipinski definition) is 1. The van der Waals surface area contributed by atoms with Crippen LogP contribution >= 0.6 is 0 Å². The maximum absolute atomic E-state index is 13.4. The highest BCUT2D eigenvalue weighted by molar-refractivity contribution is 5.23. The van der Waals surface area contributed by atoms with E-state index in [2.05, 4.69) is 0 Å². The molecule has 1 aromatic carbocycles. The minimum absolute atomic E-state index is 0.0884. The summed E-state index contributed by atoms with van der Waals surface area (Å²) in [5.74, 6) is -0.595. The molecule has 1 aromatic heterocycles. The standard InChI is InChI=1S/C13H12F2O2/c1-8-4-10(7-17-8)13(16)5-9-2-3-11(14)6-12(9)15/h2-4,6-7,13,16H,5H2,1H3. The molecule has 4 heteroatoms. The number of aryl methyl sites for hydroxylation is 1. The molecule has 0 saturated heterocycles. The van der Waals surface area contributed by atoms with E-state index in [-0.39, 0.29) is 12.0 Å². The van der Waals surface area contributed by atoms with Gasteiger partial charge in [-0.1, -0.05) is 6.07 Å². The zero-order valence-electron chi connectivity index (χ0n) is 9.28. The molecule has 90 valence electrons. The van der Waals surface area contributed by atoms with Gasteiger partial charge in [0.2, 0.25) is 0 Å². The Hall–Kier alpha value is -1.68. The van der Waals surface area contributed by atoms with E-state index in [1.807, 2.05) is 0 Å². The van der Waals surface area contributed by atoms with Gasteiger partial charge < -0.3 is 9.52 Å². The van der Waals surface area contributed by atoms with Crippen LogP contribution in [0.4, 0.5) is 8.78 Å². The topological polar surface area (TPSA) is 33.4 Å². The number of furan rings is 1. The Labute approximate surface area is 97.5 Å². The van der Waals surface area contributed by atoms with Crippen LogP contribution in [-0.4, -0.2) is 5.11 Å². The SMILES string of the molecule is Cc1cc(C(O)Cc2ccc(F)cc2F)co1. The van der Waals surface area contributed by atoms with Gasteiger partial charge in [-0.05, 0) is 24.6 Å². The summed E-state index contributed by atoms with van der Waals surface area (Å²) in [5, 5.41) is 9.86. The first-order chi connectivity index (χ1) is 8.06. The largest absolute Gasteiger partial charge is 0.469 e. The zero-order valence-corrected chi connectivity index (χ0v) is 9.28. The second kappa shape index (κ2) is 4.67. The van der Waals surface area contributed by atoms with Gasteiger partial charge in [0.05, 0.1) is 12.4 Å². The number of aliphatic hydroxyl groups excluding tert-OH is 1. The Bertz CT molecular complexity index is 520. The second-order valence-corrected chi connectivity index (χ2v) is 3.95. The molecule has 2 aromatic rings. The third-order valence-corrected chi connectivity index (χ3v) is 2.56. The first-order valence-electron chi connectivity index (χ1n) is 5.23. The summed E-state index contributed by atoms with van der Waals surface area (Å²) in [4.78, 5) is 0. The average Bonchev–Trinajstić information content (AvgIpc) is 2.69. The van der Waals surface area contributed by atoms with Crippen molar-refractivity contribution < 1.29 is 18.3 Å². The highest BCUT2D eigenvalue weighted by atomic mass is 19.1. The van der Waals surface area contributed by atoms with E-state index < -0.39 is 17.7 Å². The van der Waals surface area contributed by atoms with Gasteiger partial charge in [-0.3, -0.25) is 0 Å². The van der Waals surface area contributed by atoms with E-state index in [4.69, 9.17) is 4.42 Å².